The minimum Gasteiger partial charge on any atom is -0.382 e. The van der Waals surface area contributed by atoms with Crippen LogP contribution in [0.15, 0.2) is 72.8 Å². The fourth-order valence-electron chi connectivity index (χ4n) is 5.91. The summed E-state index contributed by atoms with van der Waals surface area (Å²) in [5, 5.41) is 0. The van der Waals surface area contributed by atoms with E-state index in [4.69, 9.17) is 38.4 Å². The van der Waals surface area contributed by atoms with Gasteiger partial charge in [-0.15, -0.1) is 0 Å². The zero-order chi connectivity index (χ0) is 40.4. The Labute approximate surface area is 327 Å². The number of rotatable bonds is 22. The van der Waals surface area contributed by atoms with Crippen molar-refractivity contribution in [3.63, 3.8) is 0 Å². The summed E-state index contributed by atoms with van der Waals surface area (Å²) in [7, 11) is -6.06. The van der Waals surface area contributed by atoms with Crippen LogP contribution >= 0.6 is 15.2 Å². The smallest absolute Gasteiger partial charge is 0.374 e. The number of imidazole rings is 2. The van der Waals surface area contributed by atoms with Crippen molar-refractivity contribution in [2.75, 3.05) is 67.1 Å². The van der Waals surface area contributed by atoms with Crippen molar-refractivity contribution in [3.05, 3.63) is 83.9 Å². The lowest BCUT2D eigenvalue weighted by molar-refractivity contribution is 0.00598. The quantitative estimate of drug-likeness (QED) is 0.0569. The van der Waals surface area contributed by atoms with Gasteiger partial charge in [0.25, 0.3) is 0 Å². The van der Waals surface area contributed by atoms with E-state index in [1.165, 1.54) is 24.3 Å². The zero-order valence-corrected chi connectivity index (χ0v) is 33.1. The van der Waals surface area contributed by atoms with Gasteiger partial charge in [-0.1, -0.05) is 24.3 Å². The van der Waals surface area contributed by atoms with Gasteiger partial charge in [0.15, 0.2) is 22.5 Å². The third kappa shape index (κ3) is 11.0. The van der Waals surface area contributed by atoms with E-state index in [1.807, 2.05) is 36.4 Å². The molecule has 4 N–H and O–H groups in total. The summed E-state index contributed by atoms with van der Waals surface area (Å²) in [5.41, 5.74) is 4.37. The van der Waals surface area contributed by atoms with Crippen molar-refractivity contribution in [3.8, 4) is 23.0 Å². The van der Waals surface area contributed by atoms with Crippen LogP contribution in [-0.2, 0) is 57.4 Å². The van der Waals surface area contributed by atoms with E-state index in [2.05, 4.69) is 9.97 Å². The molecule has 0 atom stereocenters. The van der Waals surface area contributed by atoms with Gasteiger partial charge in [-0.3, -0.25) is 18.3 Å². The van der Waals surface area contributed by atoms with Gasteiger partial charge in [0.1, 0.15) is 24.8 Å². The topological polar surface area (TPSA) is 232 Å². The Kier molecular flexibility index (Phi) is 14.5. The van der Waals surface area contributed by atoms with Crippen molar-refractivity contribution >= 4 is 48.1 Å². The Balaban J connectivity index is 1.28. The van der Waals surface area contributed by atoms with Crippen molar-refractivity contribution in [2.45, 2.75) is 19.9 Å². The third-order valence-electron chi connectivity index (χ3n) is 8.61. The zero-order valence-electron chi connectivity index (χ0n) is 31.3. The van der Waals surface area contributed by atoms with Crippen LogP contribution in [0.4, 0.5) is 0 Å². The number of nitrogens with zero attached hydrogens (tertiary/aromatic N) is 6. The Morgan fingerprint density at radius 2 is 0.930 bits per heavy atom. The average molecular weight is 827 g/mol. The minimum atomic E-state index is -4.62. The third-order valence-corrected chi connectivity index (χ3v) is 10.3. The van der Waals surface area contributed by atoms with Crippen LogP contribution in [0.1, 0.15) is 11.1 Å². The maximum atomic E-state index is 12.0. The molecule has 4 heterocycles. The van der Waals surface area contributed by atoms with Crippen LogP contribution in [0.2, 0.25) is 0 Å². The summed E-state index contributed by atoms with van der Waals surface area (Å²) >= 11 is 0. The van der Waals surface area contributed by atoms with Gasteiger partial charge in [-0.05, 0) is 66.1 Å². The first-order valence-corrected chi connectivity index (χ1v) is 21.0. The predicted molar refractivity (Wildman–Crippen MR) is 209 cm³/mol. The van der Waals surface area contributed by atoms with Crippen LogP contribution < -0.4 is 10.9 Å². The summed E-state index contributed by atoms with van der Waals surface area (Å²) in [4.78, 5) is 57.3. The van der Waals surface area contributed by atoms with E-state index >= 15 is 0 Å². The molecule has 0 aliphatic carbocycles. The van der Waals surface area contributed by atoms with Crippen molar-refractivity contribution < 1.29 is 57.1 Å². The van der Waals surface area contributed by atoms with Gasteiger partial charge in [-0.25, -0.2) is 19.9 Å². The lowest BCUT2D eigenvalue weighted by Crippen LogP contribution is -2.13. The molecule has 0 unspecified atom stereocenters. The second-order valence-corrected chi connectivity index (χ2v) is 15.8. The van der Waals surface area contributed by atoms with Gasteiger partial charge < -0.3 is 48.0 Å². The van der Waals surface area contributed by atoms with Crippen LogP contribution in [-0.4, -0.2) is 116 Å². The molecule has 20 heteroatoms. The highest BCUT2D eigenvalue weighted by Gasteiger charge is 2.23. The minimum absolute atomic E-state index is 0.0821. The standard InChI is InChI=1S/C37H44N6O12P2/c1-50-13-15-52-17-19-54-24-42-32-11-9-26(22-30(32)40-36(42)28-5-3-7-34(38-28)56(44,45)46)21-27-10-12-33-31(23-27)41-37(29-6-4-8-35(39-29)57(47,48)49)43(33)25-55-20-18-53-16-14-51-2/h3-12,22-23H,13-21,24-25H2,1-2H3,(H2,44,45,46)(H2,47,48,49). The largest absolute Gasteiger partial charge is 0.382 e. The van der Waals surface area contributed by atoms with Crippen LogP contribution in [0.5, 0.6) is 0 Å². The molecule has 0 spiro atoms. The lowest BCUT2D eigenvalue weighted by atomic mass is 10.0. The first-order valence-electron chi connectivity index (χ1n) is 17.8. The summed E-state index contributed by atoms with van der Waals surface area (Å²) in [6, 6.07) is 20.5. The average Bonchev–Trinajstić information content (AvgIpc) is 3.74. The maximum absolute atomic E-state index is 12.0. The number of hydrogen-bond acceptors (Lipinski definition) is 12. The Bertz CT molecular complexity index is 2210. The number of hydrogen-bond donors (Lipinski definition) is 4. The number of methoxy groups -OCH3 is 2. The van der Waals surface area contributed by atoms with Crippen LogP contribution in [0.3, 0.4) is 0 Å². The Morgan fingerprint density at radius 1 is 0.526 bits per heavy atom. The number of pyridine rings is 2. The summed E-state index contributed by atoms with van der Waals surface area (Å²) in [6.07, 6.45) is 0.499. The molecule has 0 fully saturated rings. The monoisotopic (exact) mass is 826 g/mol. The Morgan fingerprint density at radius 3 is 1.33 bits per heavy atom. The molecule has 0 saturated heterocycles. The van der Waals surface area contributed by atoms with Crippen molar-refractivity contribution in [1.29, 1.82) is 0 Å². The summed E-state index contributed by atoms with van der Waals surface area (Å²) < 4.78 is 60.5. The van der Waals surface area contributed by atoms with E-state index in [0.717, 1.165) is 22.2 Å². The maximum Gasteiger partial charge on any atom is 0.374 e. The van der Waals surface area contributed by atoms with E-state index in [0.29, 0.717) is 68.7 Å². The molecule has 0 aliphatic rings. The van der Waals surface area contributed by atoms with E-state index < -0.39 is 15.2 Å². The highest BCUT2D eigenvalue weighted by atomic mass is 31.2. The molecule has 4 aromatic heterocycles. The van der Waals surface area contributed by atoms with Crippen molar-refractivity contribution in [2.24, 2.45) is 0 Å². The van der Waals surface area contributed by atoms with Gasteiger partial charge in [0.05, 0.1) is 74.9 Å². The number of aromatic nitrogens is 6. The molecule has 18 nitrogen and oxygen atoms in total. The highest BCUT2D eigenvalue weighted by molar-refractivity contribution is 7.60. The van der Waals surface area contributed by atoms with E-state index in [-0.39, 0.29) is 48.9 Å². The normalized spacial score (nSPS) is 12.3. The molecule has 0 radical (unpaired) electrons. The molecule has 0 aliphatic heterocycles. The van der Waals surface area contributed by atoms with Gasteiger partial charge in [-0.2, -0.15) is 0 Å². The predicted octanol–water partition coefficient (Wildman–Crippen LogP) is 2.98. The molecule has 0 amide bonds. The van der Waals surface area contributed by atoms with Gasteiger partial charge in [0, 0.05) is 14.2 Å². The molecule has 304 valence electrons. The molecule has 6 rings (SSSR count). The second-order valence-electron chi connectivity index (χ2n) is 12.7. The van der Waals surface area contributed by atoms with Crippen molar-refractivity contribution in [1.82, 2.24) is 29.1 Å². The fourth-order valence-corrected chi connectivity index (χ4v) is 6.95. The summed E-state index contributed by atoms with van der Waals surface area (Å²) in [5.74, 6) is 0.745. The van der Waals surface area contributed by atoms with Crippen LogP contribution in [0.25, 0.3) is 45.1 Å². The highest BCUT2D eigenvalue weighted by Crippen LogP contribution is 2.35. The first-order chi connectivity index (χ1) is 27.5. The number of fused-ring (bicyclic) bond motifs is 2. The SMILES string of the molecule is COCCOCCOCn1c(-c2cccc(P(=O)(O)O)n2)nc2cc(Cc3ccc4c(c3)nc(-c3cccc(P(=O)(O)O)n3)n4COCCOCCOC)ccc21. The van der Waals surface area contributed by atoms with Gasteiger partial charge in [0.2, 0.25) is 0 Å². The first kappa shape index (κ1) is 42.3. The summed E-state index contributed by atoms with van der Waals surface area (Å²) in [6.45, 7) is 3.23. The Hall–Kier alpha value is -4.26. The molecule has 0 saturated carbocycles. The molecule has 6 aromatic rings. The molecule has 57 heavy (non-hydrogen) atoms. The van der Waals surface area contributed by atoms with Gasteiger partial charge >= 0.3 is 15.2 Å². The second kappa shape index (κ2) is 19.5. The van der Waals surface area contributed by atoms with E-state index in [9.17, 15) is 28.7 Å². The molecular formula is C37H44N6O12P2. The van der Waals surface area contributed by atoms with Crippen LogP contribution in [0, 0.1) is 0 Å². The number of ether oxygens (including phenoxy) is 6. The molecular weight excluding hydrogens is 782 g/mol. The van der Waals surface area contributed by atoms with E-state index in [1.54, 1.807) is 35.5 Å². The lowest BCUT2D eigenvalue weighted by Gasteiger charge is -2.12. The number of benzene rings is 2. The fraction of sp³-hybridized carbons (Fsp3) is 0.351. The molecule has 0 bridgehead atoms. The molecule has 2 aromatic carbocycles.